The molecule has 0 saturated carbocycles. The van der Waals surface area contributed by atoms with Crippen molar-refractivity contribution in [3.63, 3.8) is 0 Å². The minimum Gasteiger partial charge on any atom is -0.479 e. The van der Waals surface area contributed by atoms with E-state index in [0.29, 0.717) is 33.4 Å². The molecule has 1 heterocycles. The Morgan fingerprint density at radius 3 is 2.28 bits per heavy atom. The Balaban J connectivity index is 2.16. The molecule has 1 atom stereocenters. The van der Waals surface area contributed by atoms with Gasteiger partial charge in [0.05, 0.1) is 24.1 Å². The number of aryl methyl sites for hydroxylation is 1. The molecule has 0 radical (unpaired) electrons. The van der Waals surface area contributed by atoms with Gasteiger partial charge in [-0.2, -0.15) is 0 Å². The van der Waals surface area contributed by atoms with E-state index < -0.39 is 33.5 Å². The quantitative estimate of drug-likeness (QED) is 0.454. The Hall–Kier alpha value is -3.23. The fourth-order valence-electron chi connectivity index (χ4n) is 4.75. The molecule has 3 aromatic carbocycles. The van der Waals surface area contributed by atoms with Gasteiger partial charge in [0.2, 0.25) is 10.0 Å². The average Bonchev–Trinajstić information content (AvgIpc) is 2.76. The summed E-state index contributed by atoms with van der Waals surface area (Å²) in [6.45, 7) is 8.85. The predicted octanol–water partition coefficient (Wildman–Crippen LogP) is 6.00. The number of sulfonamides is 1. The highest BCUT2D eigenvalue weighted by Crippen LogP contribution is 2.49. The first kappa shape index (κ1) is 25.9. The van der Waals surface area contributed by atoms with Gasteiger partial charge in [-0.25, -0.2) is 17.6 Å². The van der Waals surface area contributed by atoms with Crippen LogP contribution in [-0.4, -0.2) is 31.4 Å². The maximum absolute atomic E-state index is 15.2. The Labute approximate surface area is 211 Å². The van der Waals surface area contributed by atoms with Crippen molar-refractivity contribution in [1.82, 2.24) is 0 Å². The highest BCUT2D eigenvalue weighted by atomic mass is 32.2. The number of hydrogen-bond donors (Lipinski definition) is 1. The van der Waals surface area contributed by atoms with Gasteiger partial charge in [-0.05, 0) is 69.0 Å². The monoisotopic (exact) mass is 511 g/mol. The zero-order chi connectivity index (χ0) is 26.6. The standard InChI is InChI=1S/C28H30FNO5S/c1-16-10-12-18(13-11-16)20-14-21-24-19(8-7-9-22(24)29)15-30(36(6,33)34)25(21)17(2)23(20)26(27(31)32)35-28(3,4)5/h7-14,26H,15H2,1-6H3,(H,31,32)/t26-/m0/s1. The third kappa shape index (κ3) is 4.75. The van der Waals surface area contributed by atoms with E-state index in [1.807, 2.05) is 31.2 Å². The molecule has 0 spiro atoms. The molecule has 1 aliphatic rings. The van der Waals surface area contributed by atoms with E-state index in [9.17, 15) is 18.3 Å². The van der Waals surface area contributed by atoms with Crippen LogP contribution in [0.3, 0.4) is 0 Å². The molecule has 3 aromatic rings. The van der Waals surface area contributed by atoms with Gasteiger partial charge >= 0.3 is 5.97 Å². The third-order valence-corrected chi connectivity index (χ3v) is 7.36. The molecule has 0 bridgehead atoms. The highest BCUT2D eigenvalue weighted by Gasteiger charge is 2.37. The maximum Gasteiger partial charge on any atom is 0.337 e. The van der Waals surface area contributed by atoms with E-state index in [1.54, 1.807) is 45.9 Å². The lowest BCUT2D eigenvalue weighted by atomic mass is 9.83. The number of benzene rings is 3. The van der Waals surface area contributed by atoms with Gasteiger partial charge in [0, 0.05) is 16.7 Å². The number of carboxylic acid groups (broad SMARTS) is 1. The number of nitrogens with zero attached hydrogens (tertiary/aromatic N) is 1. The number of hydrogen-bond acceptors (Lipinski definition) is 4. The van der Waals surface area contributed by atoms with Crippen molar-refractivity contribution in [3.05, 3.63) is 76.6 Å². The van der Waals surface area contributed by atoms with Gasteiger partial charge in [-0.1, -0.05) is 42.0 Å². The SMILES string of the molecule is Cc1ccc(-c2cc3c(c(C)c2[C@H](OC(C)(C)C)C(=O)O)N(S(C)(=O)=O)Cc2cccc(F)c2-3)cc1. The van der Waals surface area contributed by atoms with Crippen LogP contribution in [-0.2, 0) is 26.1 Å². The molecular weight excluding hydrogens is 481 g/mol. The summed E-state index contributed by atoms with van der Waals surface area (Å²) in [5.41, 5.74) is 3.77. The van der Waals surface area contributed by atoms with Crippen molar-refractivity contribution in [2.24, 2.45) is 0 Å². The Morgan fingerprint density at radius 1 is 1.08 bits per heavy atom. The van der Waals surface area contributed by atoms with Crippen LogP contribution < -0.4 is 4.31 Å². The van der Waals surface area contributed by atoms with Crippen LogP contribution in [0.1, 0.15) is 49.1 Å². The van der Waals surface area contributed by atoms with E-state index in [4.69, 9.17) is 4.74 Å². The second-order valence-electron chi connectivity index (χ2n) is 10.2. The number of anilines is 1. The molecule has 0 amide bonds. The van der Waals surface area contributed by atoms with Gasteiger partial charge in [0.1, 0.15) is 5.82 Å². The zero-order valence-electron chi connectivity index (χ0n) is 21.2. The van der Waals surface area contributed by atoms with E-state index in [0.717, 1.165) is 17.4 Å². The summed E-state index contributed by atoms with van der Waals surface area (Å²) in [6.07, 6.45) is -0.288. The first-order valence-corrected chi connectivity index (χ1v) is 13.4. The lowest BCUT2D eigenvalue weighted by molar-refractivity contribution is -0.160. The molecule has 8 heteroatoms. The van der Waals surface area contributed by atoms with Crippen molar-refractivity contribution in [1.29, 1.82) is 0 Å². The molecule has 0 unspecified atom stereocenters. The molecule has 190 valence electrons. The minimum absolute atomic E-state index is 0.0546. The van der Waals surface area contributed by atoms with Gasteiger partial charge in [0.15, 0.2) is 6.10 Å². The summed E-state index contributed by atoms with van der Waals surface area (Å²) in [6, 6.07) is 13.9. The van der Waals surface area contributed by atoms with Crippen molar-refractivity contribution < 1.29 is 27.4 Å². The van der Waals surface area contributed by atoms with Crippen LogP contribution in [0.15, 0.2) is 48.5 Å². The third-order valence-electron chi connectivity index (χ3n) is 6.25. The topological polar surface area (TPSA) is 83.9 Å². The molecule has 36 heavy (non-hydrogen) atoms. The predicted molar refractivity (Wildman–Crippen MR) is 139 cm³/mol. The summed E-state index contributed by atoms with van der Waals surface area (Å²) < 4.78 is 48.3. The molecule has 0 saturated heterocycles. The molecule has 4 rings (SSSR count). The van der Waals surface area contributed by atoms with Crippen LogP contribution in [0.25, 0.3) is 22.3 Å². The largest absolute Gasteiger partial charge is 0.479 e. The average molecular weight is 512 g/mol. The summed E-state index contributed by atoms with van der Waals surface area (Å²) in [5, 5.41) is 10.2. The lowest BCUT2D eigenvalue weighted by Gasteiger charge is -2.36. The van der Waals surface area contributed by atoms with E-state index >= 15 is 4.39 Å². The van der Waals surface area contributed by atoms with Crippen LogP contribution in [0.2, 0.25) is 0 Å². The minimum atomic E-state index is -3.78. The summed E-state index contributed by atoms with van der Waals surface area (Å²) >= 11 is 0. The molecule has 6 nitrogen and oxygen atoms in total. The molecule has 0 fully saturated rings. The molecule has 0 aliphatic carbocycles. The molecule has 0 aromatic heterocycles. The maximum atomic E-state index is 15.2. The normalized spacial score (nSPS) is 14.2. The van der Waals surface area contributed by atoms with Crippen LogP contribution in [0, 0.1) is 19.7 Å². The van der Waals surface area contributed by atoms with E-state index in [2.05, 4.69) is 0 Å². The van der Waals surface area contributed by atoms with E-state index in [-0.39, 0.29) is 12.2 Å². The van der Waals surface area contributed by atoms with Crippen LogP contribution >= 0.6 is 0 Å². The van der Waals surface area contributed by atoms with Crippen molar-refractivity contribution in [2.45, 2.75) is 52.9 Å². The van der Waals surface area contributed by atoms with Gasteiger partial charge < -0.3 is 9.84 Å². The van der Waals surface area contributed by atoms with Crippen molar-refractivity contribution in [2.75, 3.05) is 10.6 Å². The van der Waals surface area contributed by atoms with Crippen molar-refractivity contribution in [3.8, 4) is 22.3 Å². The Bertz CT molecular complexity index is 1460. The number of fused-ring (bicyclic) bond motifs is 3. The number of rotatable bonds is 5. The van der Waals surface area contributed by atoms with Crippen molar-refractivity contribution >= 4 is 21.7 Å². The van der Waals surface area contributed by atoms with Crippen LogP contribution in [0.5, 0.6) is 0 Å². The second kappa shape index (κ2) is 9.01. The van der Waals surface area contributed by atoms with Crippen LogP contribution in [0.4, 0.5) is 10.1 Å². The fraction of sp³-hybridized carbons (Fsp3) is 0.321. The Kier molecular flexibility index (Phi) is 6.47. The molecule has 1 N–H and O–H groups in total. The van der Waals surface area contributed by atoms with Gasteiger partial charge in [-0.3, -0.25) is 4.31 Å². The summed E-state index contributed by atoms with van der Waals surface area (Å²) in [5.74, 6) is -1.67. The first-order chi connectivity index (χ1) is 16.7. The summed E-state index contributed by atoms with van der Waals surface area (Å²) in [7, 11) is -3.78. The number of carboxylic acids is 1. The summed E-state index contributed by atoms with van der Waals surface area (Å²) in [4.78, 5) is 12.5. The lowest BCUT2D eigenvalue weighted by Crippen LogP contribution is -2.34. The number of halogens is 1. The molecule has 1 aliphatic heterocycles. The highest BCUT2D eigenvalue weighted by molar-refractivity contribution is 7.92. The zero-order valence-corrected chi connectivity index (χ0v) is 22.0. The second-order valence-corrected chi connectivity index (χ2v) is 12.1. The number of carbonyl (C=O) groups is 1. The molecular formula is C28H30FNO5S. The van der Waals surface area contributed by atoms with E-state index in [1.165, 1.54) is 10.4 Å². The van der Waals surface area contributed by atoms with Gasteiger partial charge in [-0.15, -0.1) is 0 Å². The number of aliphatic carboxylic acids is 1. The fourth-order valence-corrected chi connectivity index (χ4v) is 5.69. The Morgan fingerprint density at radius 2 is 1.72 bits per heavy atom. The first-order valence-electron chi connectivity index (χ1n) is 11.6. The van der Waals surface area contributed by atoms with Gasteiger partial charge in [0.25, 0.3) is 0 Å². The smallest absolute Gasteiger partial charge is 0.337 e. The number of ether oxygens (including phenoxy) is 1.